The molecule has 12 nitrogen and oxygen atoms in total. The Morgan fingerprint density at radius 1 is 1.11 bits per heavy atom. The number of para-hydroxylation sites is 1. The minimum absolute atomic E-state index is 0.273. The first-order valence-corrected chi connectivity index (χ1v) is 11.9. The molecule has 3 heterocycles. The number of carbonyl (C=O) groups is 2. The largest absolute Gasteiger partial charge is 0.466 e. The van der Waals surface area contributed by atoms with Crippen LogP contribution in [0.15, 0.2) is 54.7 Å². The molecule has 5 rings (SSSR count). The fourth-order valence-electron chi connectivity index (χ4n) is 4.18. The number of aromatic nitrogens is 7. The van der Waals surface area contributed by atoms with E-state index in [9.17, 15) is 9.59 Å². The summed E-state index contributed by atoms with van der Waals surface area (Å²) in [6.07, 6.45) is 2.01. The van der Waals surface area contributed by atoms with E-state index in [1.54, 1.807) is 18.2 Å². The SMILES string of the molecule is CCOc1nc2cccc(C(=O)OCC(=O)OC)c2n1Cc1ccc(-n2cc(C)cc2-c2nnn[nH]2)cc1. The standard InChI is InChI=1S/C26H25N7O5/c1-4-37-26-27-20-7-5-6-19(25(35)38-15-22(34)36-3)23(20)33(26)14-17-8-10-18(11-9-17)32-13-16(2)12-21(32)24-28-30-31-29-24/h5-13H,4,14-15H2,1-3H3,(H,28,29,30,31). The highest BCUT2D eigenvalue weighted by atomic mass is 16.6. The number of hydrogen-bond donors (Lipinski definition) is 1. The van der Waals surface area contributed by atoms with Crippen molar-refractivity contribution in [3.63, 3.8) is 0 Å². The van der Waals surface area contributed by atoms with Crippen LogP contribution in [0.1, 0.15) is 28.4 Å². The second kappa shape index (κ2) is 10.5. The molecule has 0 spiro atoms. The Kier molecular flexibility index (Phi) is 6.85. The molecule has 1 N–H and O–H groups in total. The molecule has 3 aromatic heterocycles. The summed E-state index contributed by atoms with van der Waals surface area (Å²) in [6, 6.07) is 15.5. The van der Waals surface area contributed by atoms with Gasteiger partial charge in [-0.15, -0.1) is 5.10 Å². The molecular formula is C26H25N7O5. The molecule has 0 aliphatic heterocycles. The molecule has 0 atom stereocenters. The van der Waals surface area contributed by atoms with E-state index >= 15 is 0 Å². The van der Waals surface area contributed by atoms with Crippen LogP contribution in [0.5, 0.6) is 6.01 Å². The maximum Gasteiger partial charge on any atom is 0.344 e. The number of nitrogens with one attached hydrogen (secondary N) is 1. The van der Waals surface area contributed by atoms with Crippen molar-refractivity contribution in [1.82, 2.24) is 34.7 Å². The summed E-state index contributed by atoms with van der Waals surface area (Å²) in [5.41, 5.74) is 5.20. The second-order valence-electron chi connectivity index (χ2n) is 8.43. The summed E-state index contributed by atoms with van der Waals surface area (Å²) in [5, 5.41) is 14.2. The zero-order valence-corrected chi connectivity index (χ0v) is 21.0. The lowest BCUT2D eigenvalue weighted by molar-refractivity contribution is -0.144. The normalized spacial score (nSPS) is 11.0. The van der Waals surface area contributed by atoms with Gasteiger partial charge >= 0.3 is 11.9 Å². The molecule has 5 aromatic rings. The van der Waals surface area contributed by atoms with Gasteiger partial charge in [-0.1, -0.05) is 18.2 Å². The van der Waals surface area contributed by atoms with Gasteiger partial charge in [-0.3, -0.25) is 4.57 Å². The highest BCUT2D eigenvalue weighted by molar-refractivity contribution is 6.03. The van der Waals surface area contributed by atoms with Crippen LogP contribution in [0, 0.1) is 6.92 Å². The average molecular weight is 516 g/mol. The molecule has 0 radical (unpaired) electrons. The molecule has 0 bridgehead atoms. The molecular weight excluding hydrogens is 490 g/mol. The molecule has 0 aliphatic carbocycles. The predicted molar refractivity (Wildman–Crippen MR) is 136 cm³/mol. The van der Waals surface area contributed by atoms with Gasteiger partial charge < -0.3 is 18.8 Å². The highest BCUT2D eigenvalue weighted by Gasteiger charge is 2.21. The van der Waals surface area contributed by atoms with Gasteiger partial charge in [-0.25, -0.2) is 14.7 Å². The summed E-state index contributed by atoms with van der Waals surface area (Å²) in [6.45, 7) is 4.17. The molecule has 0 aliphatic rings. The second-order valence-corrected chi connectivity index (χ2v) is 8.43. The van der Waals surface area contributed by atoms with Crippen molar-refractivity contribution in [3.05, 3.63) is 71.4 Å². The molecule has 0 saturated carbocycles. The van der Waals surface area contributed by atoms with Crippen LogP contribution in [-0.2, 0) is 20.8 Å². The Bertz CT molecular complexity index is 1590. The van der Waals surface area contributed by atoms with Crippen LogP contribution in [0.4, 0.5) is 0 Å². The number of fused-ring (bicyclic) bond motifs is 1. The molecule has 2 aromatic carbocycles. The fraction of sp³-hybridized carbons (Fsp3) is 0.231. The average Bonchev–Trinajstić information content (AvgIpc) is 3.67. The number of methoxy groups -OCH3 is 1. The summed E-state index contributed by atoms with van der Waals surface area (Å²) < 4.78 is 19.4. The minimum atomic E-state index is -0.655. The van der Waals surface area contributed by atoms with Crippen molar-refractivity contribution in [3.8, 4) is 23.2 Å². The van der Waals surface area contributed by atoms with Gasteiger partial charge in [0.2, 0.25) is 0 Å². The van der Waals surface area contributed by atoms with Crippen molar-refractivity contribution >= 4 is 23.0 Å². The topological polar surface area (TPSA) is 139 Å². The maximum absolute atomic E-state index is 12.9. The highest BCUT2D eigenvalue weighted by Crippen LogP contribution is 2.28. The number of tetrazole rings is 1. The van der Waals surface area contributed by atoms with Gasteiger partial charge in [0.25, 0.3) is 6.01 Å². The number of esters is 2. The molecule has 194 valence electrons. The number of nitrogens with zero attached hydrogens (tertiary/aromatic N) is 6. The van der Waals surface area contributed by atoms with E-state index in [-0.39, 0.29) is 5.56 Å². The third-order valence-electron chi connectivity index (χ3n) is 5.87. The Morgan fingerprint density at radius 2 is 1.92 bits per heavy atom. The number of imidazole rings is 1. The van der Waals surface area contributed by atoms with Crippen LogP contribution in [-0.4, -0.2) is 67.0 Å². The zero-order valence-electron chi connectivity index (χ0n) is 21.0. The van der Waals surface area contributed by atoms with E-state index in [2.05, 4.69) is 30.3 Å². The first-order chi connectivity index (χ1) is 18.5. The van der Waals surface area contributed by atoms with Gasteiger partial charge in [-0.2, -0.15) is 4.98 Å². The molecule has 38 heavy (non-hydrogen) atoms. The summed E-state index contributed by atoms with van der Waals surface area (Å²) >= 11 is 0. The number of benzene rings is 2. The lowest BCUT2D eigenvalue weighted by Gasteiger charge is -2.13. The lowest BCUT2D eigenvalue weighted by atomic mass is 10.1. The van der Waals surface area contributed by atoms with E-state index in [4.69, 9.17) is 9.47 Å². The number of hydrogen-bond acceptors (Lipinski definition) is 9. The zero-order chi connectivity index (χ0) is 26.6. The van der Waals surface area contributed by atoms with Crippen LogP contribution < -0.4 is 4.74 Å². The van der Waals surface area contributed by atoms with Crippen molar-refractivity contribution in [2.45, 2.75) is 20.4 Å². The fourth-order valence-corrected chi connectivity index (χ4v) is 4.18. The third-order valence-corrected chi connectivity index (χ3v) is 5.87. The van der Waals surface area contributed by atoms with Crippen molar-refractivity contribution in [2.75, 3.05) is 20.3 Å². The van der Waals surface area contributed by atoms with Crippen molar-refractivity contribution in [1.29, 1.82) is 0 Å². The molecule has 0 unspecified atom stereocenters. The third kappa shape index (κ3) is 4.83. The van der Waals surface area contributed by atoms with E-state index in [1.807, 2.05) is 59.5 Å². The molecule has 12 heteroatoms. The van der Waals surface area contributed by atoms with Crippen LogP contribution in [0.2, 0.25) is 0 Å². The minimum Gasteiger partial charge on any atom is -0.466 e. The molecule has 0 saturated heterocycles. The Labute approximate surface area is 217 Å². The van der Waals surface area contributed by atoms with Crippen LogP contribution in [0.3, 0.4) is 0 Å². The van der Waals surface area contributed by atoms with Crippen LogP contribution >= 0.6 is 0 Å². The van der Waals surface area contributed by atoms with Crippen LogP contribution in [0.25, 0.3) is 28.2 Å². The number of aromatic amines is 1. The first kappa shape index (κ1) is 24.7. The van der Waals surface area contributed by atoms with E-state index in [0.29, 0.717) is 36.0 Å². The number of H-pyrrole nitrogens is 1. The number of carbonyl (C=O) groups excluding carboxylic acids is 2. The molecule has 0 fully saturated rings. The predicted octanol–water partition coefficient (Wildman–Crippen LogP) is 3.09. The van der Waals surface area contributed by atoms with E-state index < -0.39 is 18.5 Å². The monoisotopic (exact) mass is 515 g/mol. The van der Waals surface area contributed by atoms with E-state index in [1.165, 1.54) is 7.11 Å². The van der Waals surface area contributed by atoms with Crippen molar-refractivity contribution in [2.24, 2.45) is 0 Å². The number of ether oxygens (including phenoxy) is 3. The van der Waals surface area contributed by atoms with Gasteiger partial charge in [0.05, 0.1) is 42.6 Å². The lowest BCUT2D eigenvalue weighted by Crippen LogP contribution is -2.16. The Balaban J connectivity index is 1.48. The number of rotatable bonds is 9. The Hall–Kier alpha value is -5.00. The smallest absolute Gasteiger partial charge is 0.344 e. The molecule has 0 amide bonds. The van der Waals surface area contributed by atoms with Gasteiger partial charge in [0.1, 0.15) is 0 Å². The van der Waals surface area contributed by atoms with Gasteiger partial charge in [0.15, 0.2) is 12.4 Å². The van der Waals surface area contributed by atoms with E-state index in [0.717, 1.165) is 22.5 Å². The van der Waals surface area contributed by atoms with Gasteiger partial charge in [0, 0.05) is 11.9 Å². The van der Waals surface area contributed by atoms with Gasteiger partial charge in [-0.05, 0) is 65.7 Å². The maximum atomic E-state index is 12.9. The quantitative estimate of drug-likeness (QED) is 0.293. The number of aryl methyl sites for hydroxylation is 1. The summed E-state index contributed by atoms with van der Waals surface area (Å²) in [5.74, 6) is -0.729. The first-order valence-electron chi connectivity index (χ1n) is 11.9. The summed E-state index contributed by atoms with van der Waals surface area (Å²) in [7, 11) is 1.23. The summed E-state index contributed by atoms with van der Waals surface area (Å²) in [4.78, 5) is 28.9. The van der Waals surface area contributed by atoms with Crippen molar-refractivity contribution < 1.29 is 23.8 Å². The Morgan fingerprint density at radius 3 is 2.63 bits per heavy atom.